The van der Waals surface area contributed by atoms with Gasteiger partial charge in [-0.05, 0) is 27.7 Å². The number of rotatable bonds is 1. The van der Waals surface area contributed by atoms with E-state index in [-0.39, 0.29) is 5.56 Å². The maximum absolute atomic E-state index is 11.7. The summed E-state index contributed by atoms with van der Waals surface area (Å²) in [6.07, 6.45) is 0. The first kappa shape index (κ1) is 10.6. The number of aryl methyl sites for hydroxylation is 4. The Morgan fingerprint density at radius 2 is 1.69 bits per heavy atom. The second kappa shape index (κ2) is 3.59. The lowest BCUT2D eigenvalue weighted by Gasteiger charge is -2.07. The minimum absolute atomic E-state index is 0.113. The van der Waals surface area contributed by atoms with E-state index in [1.54, 1.807) is 0 Å². The predicted octanol–water partition coefficient (Wildman–Crippen LogP) is 1.19. The summed E-state index contributed by atoms with van der Waals surface area (Å²) in [5.74, 6) is 0.571. The van der Waals surface area contributed by atoms with Crippen molar-refractivity contribution in [1.82, 2.24) is 19.7 Å². The lowest BCUT2D eigenvalue weighted by molar-refractivity contribution is 0.777. The number of hydrogen-bond donors (Lipinski definition) is 1. The standard InChI is InChI=1S/C11H14N4O/c1-6-5-10(16)15(14-6)11-9(4)12-7(2)8(3)13-11/h5,14H,1-4H3. The molecule has 0 amide bonds. The molecule has 0 aliphatic rings. The normalized spacial score (nSPS) is 10.8. The Morgan fingerprint density at radius 1 is 1.06 bits per heavy atom. The zero-order chi connectivity index (χ0) is 11.9. The molecule has 2 heterocycles. The summed E-state index contributed by atoms with van der Waals surface area (Å²) in [4.78, 5) is 20.4. The Hall–Kier alpha value is -1.91. The van der Waals surface area contributed by atoms with Crippen molar-refractivity contribution >= 4 is 0 Å². The van der Waals surface area contributed by atoms with Crippen molar-refractivity contribution in [1.29, 1.82) is 0 Å². The summed E-state index contributed by atoms with van der Waals surface area (Å²) >= 11 is 0. The first-order chi connectivity index (χ1) is 7.49. The molecular formula is C11H14N4O. The van der Waals surface area contributed by atoms with Crippen molar-refractivity contribution in [3.05, 3.63) is 39.2 Å². The maximum Gasteiger partial charge on any atom is 0.272 e. The van der Waals surface area contributed by atoms with Gasteiger partial charge in [0.2, 0.25) is 0 Å². The monoisotopic (exact) mass is 218 g/mol. The zero-order valence-corrected chi connectivity index (χ0v) is 9.83. The molecule has 1 N–H and O–H groups in total. The topological polar surface area (TPSA) is 63.6 Å². The number of aromatic nitrogens is 4. The Morgan fingerprint density at radius 3 is 2.25 bits per heavy atom. The van der Waals surface area contributed by atoms with E-state index in [0.717, 1.165) is 22.8 Å². The van der Waals surface area contributed by atoms with Crippen LogP contribution in [0.2, 0.25) is 0 Å². The lowest BCUT2D eigenvalue weighted by atomic mass is 10.3. The molecule has 0 unspecified atom stereocenters. The molecule has 0 aliphatic heterocycles. The van der Waals surface area contributed by atoms with Crippen molar-refractivity contribution in [3.8, 4) is 5.82 Å². The van der Waals surface area contributed by atoms with E-state index in [9.17, 15) is 4.79 Å². The van der Waals surface area contributed by atoms with Crippen LogP contribution in [0.15, 0.2) is 10.9 Å². The molecule has 0 fully saturated rings. The average Bonchev–Trinajstić information content (AvgIpc) is 2.51. The maximum atomic E-state index is 11.7. The number of nitrogens with zero attached hydrogens (tertiary/aromatic N) is 3. The Balaban J connectivity index is 2.69. The first-order valence-corrected chi connectivity index (χ1v) is 5.10. The van der Waals surface area contributed by atoms with Gasteiger partial charge in [-0.3, -0.25) is 14.9 Å². The Labute approximate surface area is 93.2 Å². The molecular weight excluding hydrogens is 204 g/mol. The Bertz CT molecular complexity index is 595. The molecule has 2 aromatic rings. The minimum Gasteiger partial charge on any atom is -0.294 e. The van der Waals surface area contributed by atoms with Gasteiger partial charge in [0.1, 0.15) is 0 Å². The third kappa shape index (κ3) is 1.64. The highest BCUT2D eigenvalue weighted by Crippen LogP contribution is 2.09. The molecule has 2 rings (SSSR count). The summed E-state index contributed by atoms with van der Waals surface area (Å²) in [6.45, 7) is 7.47. The summed E-state index contributed by atoms with van der Waals surface area (Å²) in [6, 6.07) is 1.54. The summed E-state index contributed by atoms with van der Waals surface area (Å²) in [5, 5.41) is 2.95. The van der Waals surface area contributed by atoms with E-state index < -0.39 is 0 Å². The number of hydrogen-bond acceptors (Lipinski definition) is 3. The largest absolute Gasteiger partial charge is 0.294 e. The van der Waals surface area contributed by atoms with Crippen molar-refractivity contribution < 1.29 is 0 Å². The van der Waals surface area contributed by atoms with Gasteiger partial charge in [0.15, 0.2) is 5.82 Å². The molecule has 0 aliphatic carbocycles. The van der Waals surface area contributed by atoms with Crippen LogP contribution < -0.4 is 5.56 Å². The van der Waals surface area contributed by atoms with Gasteiger partial charge in [0, 0.05) is 11.8 Å². The molecule has 0 bridgehead atoms. The SMILES string of the molecule is Cc1cc(=O)n(-c2nc(C)c(C)nc2C)[nH]1. The van der Waals surface area contributed by atoms with Gasteiger partial charge < -0.3 is 0 Å². The van der Waals surface area contributed by atoms with Gasteiger partial charge in [-0.15, -0.1) is 0 Å². The number of H-pyrrole nitrogens is 1. The first-order valence-electron chi connectivity index (χ1n) is 5.10. The van der Waals surface area contributed by atoms with Gasteiger partial charge >= 0.3 is 0 Å². The molecule has 0 radical (unpaired) electrons. The van der Waals surface area contributed by atoms with Crippen molar-refractivity contribution in [2.24, 2.45) is 0 Å². The molecule has 2 aromatic heterocycles. The molecule has 16 heavy (non-hydrogen) atoms. The van der Waals surface area contributed by atoms with Crippen LogP contribution in [0.25, 0.3) is 5.82 Å². The highest BCUT2D eigenvalue weighted by molar-refractivity contribution is 5.30. The lowest BCUT2D eigenvalue weighted by Crippen LogP contribution is -2.18. The minimum atomic E-state index is -0.113. The van der Waals surface area contributed by atoms with Crippen LogP contribution in [0.1, 0.15) is 22.8 Å². The fourth-order valence-corrected chi connectivity index (χ4v) is 1.59. The van der Waals surface area contributed by atoms with Crippen molar-refractivity contribution in [3.63, 3.8) is 0 Å². The molecule has 0 aromatic carbocycles. The van der Waals surface area contributed by atoms with Crippen LogP contribution in [0.4, 0.5) is 0 Å². The van der Waals surface area contributed by atoms with Gasteiger partial charge in [0.05, 0.1) is 17.1 Å². The van der Waals surface area contributed by atoms with E-state index in [0.29, 0.717) is 5.82 Å². The molecule has 5 nitrogen and oxygen atoms in total. The van der Waals surface area contributed by atoms with Crippen molar-refractivity contribution in [2.75, 3.05) is 0 Å². The second-order valence-corrected chi connectivity index (χ2v) is 3.92. The van der Waals surface area contributed by atoms with Gasteiger partial charge in [-0.1, -0.05) is 0 Å². The Kier molecular flexibility index (Phi) is 2.38. The van der Waals surface area contributed by atoms with Gasteiger partial charge in [0.25, 0.3) is 5.56 Å². The molecule has 0 saturated carbocycles. The highest BCUT2D eigenvalue weighted by Gasteiger charge is 2.10. The van der Waals surface area contributed by atoms with Gasteiger partial charge in [-0.2, -0.15) is 4.68 Å². The van der Waals surface area contributed by atoms with Crippen LogP contribution in [-0.2, 0) is 0 Å². The van der Waals surface area contributed by atoms with E-state index in [4.69, 9.17) is 0 Å². The number of aromatic amines is 1. The fraction of sp³-hybridized carbons (Fsp3) is 0.364. The molecule has 84 valence electrons. The quantitative estimate of drug-likeness (QED) is 0.782. The van der Waals surface area contributed by atoms with Crippen LogP contribution in [0.5, 0.6) is 0 Å². The third-order valence-electron chi connectivity index (χ3n) is 2.52. The average molecular weight is 218 g/mol. The molecule has 0 atom stereocenters. The summed E-state index contributed by atoms with van der Waals surface area (Å²) in [7, 11) is 0. The molecule has 5 heteroatoms. The van der Waals surface area contributed by atoms with Crippen LogP contribution >= 0.6 is 0 Å². The van der Waals surface area contributed by atoms with E-state index in [2.05, 4.69) is 15.1 Å². The highest BCUT2D eigenvalue weighted by atomic mass is 16.1. The molecule has 0 saturated heterocycles. The predicted molar refractivity (Wildman–Crippen MR) is 60.9 cm³/mol. The van der Waals surface area contributed by atoms with Crippen LogP contribution in [0.3, 0.4) is 0 Å². The second-order valence-electron chi connectivity index (χ2n) is 3.92. The summed E-state index contributed by atoms with van der Waals surface area (Å²) < 4.78 is 1.42. The third-order valence-corrected chi connectivity index (χ3v) is 2.52. The van der Waals surface area contributed by atoms with E-state index in [1.165, 1.54) is 10.7 Å². The van der Waals surface area contributed by atoms with Crippen LogP contribution in [-0.4, -0.2) is 19.7 Å². The smallest absolute Gasteiger partial charge is 0.272 e. The van der Waals surface area contributed by atoms with E-state index in [1.807, 2.05) is 27.7 Å². The van der Waals surface area contributed by atoms with Crippen molar-refractivity contribution in [2.45, 2.75) is 27.7 Å². The van der Waals surface area contributed by atoms with Gasteiger partial charge in [-0.25, -0.2) is 4.98 Å². The van der Waals surface area contributed by atoms with Crippen LogP contribution in [0, 0.1) is 27.7 Å². The van der Waals surface area contributed by atoms with E-state index >= 15 is 0 Å². The fourth-order valence-electron chi connectivity index (χ4n) is 1.59. The molecule has 0 spiro atoms. The zero-order valence-electron chi connectivity index (χ0n) is 9.83. The summed E-state index contributed by atoms with van der Waals surface area (Å²) in [5.41, 5.74) is 3.16. The number of nitrogens with one attached hydrogen (secondary N) is 1.